The highest BCUT2D eigenvalue weighted by molar-refractivity contribution is 6.32. The topological polar surface area (TPSA) is 38.5 Å². The molecule has 0 saturated carbocycles. The second-order valence-electron chi connectivity index (χ2n) is 5.42. The quantitative estimate of drug-likeness (QED) is 0.921. The van der Waals surface area contributed by atoms with Gasteiger partial charge < -0.3 is 15.4 Å². The summed E-state index contributed by atoms with van der Waals surface area (Å²) >= 11 is 6.23. The summed E-state index contributed by atoms with van der Waals surface area (Å²) in [5.74, 6) is 0.755. The Kier molecular flexibility index (Phi) is 5.08. The maximum atomic E-state index is 6.23. The number of nitrogens with zero attached hydrogens (tertiary/aromatic N) is 1. The van der Waals surface area contributed by atoms with Gasteiger partial charge in [0.1, 0.15) is 12.4 Å². The lowest BCUT2D eigenvalue weighted by molar-refractivity contribution is 0.125. The summed E-state index contributed by atoms with van der Waals surface area (Å²) in [6.07, 6.45) is 3.78. The SMILES string of the molecule is C[C@@H](N)c1ccc(OCC2CCCCN2C)c(Cl)c1. The summed E-state index contributed by atoms with van der Waals surface area (Å²) in [7, 11) is 2.16. The molecule has 2 atom stereocenters. The van der Waals surface area contributed by atoms with Crippen LogP contribution in [0.5, 0.6) is 5.75 Å². The van der Waals surface area contributed by atoms with Crippen LogP contribution in [0, 0.1) is 0 Å². The number of hydrogen-bond acceptors (Lipinski definition) is 3. The lowest BCUT2D eigenvalue weighted by atomic mass is 10.0. The van der Waals surface area contributed by atoms with Crippen molar-refractivity contribution in [1.82, 2.24) is 4.90 Å². The molecule has 0 bridgehead atoms. The fourth-order valence-corrected chi connectivity index (χ4v) is 2.70. The van der Waals surface area contributed by atoms with Crippen LogP contribution in [0.15, 0.2) is 18.2 Å². The number of hydrogen-bond donors (Lipinski definition) is 1. The molecule has 1 aliphatic heterocycles. The van der Waals surface area contributed by atoms with Gasteiger partial charge in [-0.05, 0) is 51.1 Å². The number of benzene rings is 1. The third-order valence-electron chi connectivity index (χ3n) is 3.83. The molecular weight excluding hydrogens is 260 g/mol. The van der Waals surface area contributed by atoms with Gasteiger partial charge in [-0.2, -0.15) is 0 Å². The first-order valence-corrected chi connectivity index (χ1v) is 7.34. The maximum Gasteiger partial charge on any atom is 0.137 e. The van der Waals surface area contributed by atoms with Crippen molar-refractivity contribution in [2.24, 2.45) is 5.73 Å². The van der Waals surface area contributed by atoms with E-state index < -0.39 is 0 Å². The van der Waals surface area contributed by atoms with Crippen LogP contribution in [0.3, 0.4) is 0 Å². The summed E-state index contributed by atoms with van der Waals surface area (Å²) in [6, 6.07) is 6.29. The Balaban J connectivity index is 1.95. The van der Waals surface area contributed by atoms with Crippen molar-refractivity contribution in [3.05, 3.63) is 28.8 Å². The normalized spacial score (nSPS) is 22.2. The van der Waals surface area contributed by atoms with Gasteiger partial charge in [0.2, 0.25) is 0 Å². The van der Waals surface area contributed by atoms with E-state index in [9.17, 15) is 0 Å². The summed E-state index contributed by atoms with van der Waals surface area (Å²) < 4.78 is 5.87. The first-order valence-electron chi connectivity index (χ1n) is 6.96. The average Bonchev–Trinajstić information content (AvgIpc) is 2.39. The summed E-state index contributed by atoms with van der Waals surface area (Å²) in [6.45, 7) is 3.81. The smallest absolute Gasteiger partial charge is 0.137 e. The van der Waals surface area contributed by atoms with E-state index in [1.165, 1.54) is 19.3 Å². The van der Waals surface area contributed by atoms with Crippen LogP contribution >= 0.6 is 11.6 Å². The number of ether oxygens (including phenoxy) is 1. The van der Waals surface area contributed by atoms with Crippen LogP contribution < -0.4 is 10.5 Å². The Bertz CT molecular complexity index is 423. The molecule has 1 aromatic carbocycles. The predicted octanol–water partition coefficient (Wildman–Crippen LogP) is 3.22. The van der Waals surface area contributed by atoms with E-state index in [1.54, 1.807) is 0 Å². The van der Waals surface area contributed by atoms with E-state index in [0.717, 1.165) is 17.9 Å². The number of piperidine rings is 1. The molecule has 0 amide bonds. The number of likely N-dealkylation sites (tertiary alicyclic amines) is 1. The van der Waals surface area contributed by atoms with E-state index >= 15 is 0 Å². The van der Waals surface area contributed by atoms with E-state index in [0.29, 0.717) is 17.7 Å². The summed E-state index contributed by atoms with van der Waals surface area (Å²) in [5, 5.41) is 0.647. The maximum absolute atomic E-state index is 6.23. The summed E-state index contributed by atoms with van der Waals surface area (Å²) in [5.41, 5.74) is 6.87. The van der Waals surface area contributed by atoms with Crippen molar-refractivity contribution >= 4 is 11.6 Å². The highest BCUT2D eigenvalue weighted by Crippen LogP contribution is 2.28. The predicted molar refractivity (Wildman–Crippen MR) is 79.8 cm³/mol. The van der Waals surface area contributed by atoms with Gasteiger partial charge in [0.25, 0.3) is 0 Å². The van der Waals surface area contributed by atoms with Gasteiger partial charge in [0, 0.05) is 12.1 Å². The Morgan fingerprint density at radius 1 is 1.47 bits per heavy atom. The van der Waals surface area contributed by atoms with Crippen molar-refractivity contribution in [2.75, 3.05) is 20.2 Å². The monoisotopic (exact) mass is 282 g/mol. The zero-order valence-corrected chi connectivity index (χ0v) is 12.5. The molecule has 0 aliphatic carbocycles. The molecule has 19 heavy (non-hydrogen) atoms. The fourth-order valence-electron chi connectivity index (χ4n) is 2.46. The molecule has 4 heteroatoms. The molecule has 106 valence electrons. The Labute approximate surface area is 120 Å². The second-order valence-corrected chi connectivity index (χ2v) is 5.83. The molecule has 1 aliphatic rings. The van der Waals surface area contributed by atoms with Crippen LogP contribution in [0.25, 0.3) is 0 Å². The van der Waals surface area contributed by atoms with Crippen LogP contribution in [0.4, 0.5) is 0 Å². The molecule has 3 nitrogen and oxygen atoms in total. The average molecular weight is 283 g/mol. The molecule has 0 spiro atoms. The molecule has 0 aromatic heterocycles. The van der Waals surface area contributed by atoms with Gasteiger partial charge >= 0.3 is 0 Å². The van der Waals surface area contributed by atoms with Crippen molar-refractivity contribution in [2.45, 2.75) is 38.3 Å². The molecule has 1 heterocycles. The zero-order valence-electron chi connectivity index (χ0n) is 11.7. The number of nitrogens with two attached hydrogens (primary N) is 1. The molecule has 1 fully saturated rings. The second kappa shape index (κ2) is 6.60. The van der Waals surface area contributed by atoms with Crippen molar-refractivity contribution in [1.29, 1.82) is 0 Å². The number of rotatable bonds is 4. The third kappa shape index (κ3) is 3.85. The zero-order chi connectivity index (χ0) is 13.8. The Morgan fingerprint density at radius 3 is 2.89 bits per heavy atom. The van der Waals surface area contributed by atoms with E-state index in [1.807, 2.05) is 25.1 Å². The lowest BCUT2D eigenvalue weighted by Gasteiger charge is -2.32. The number of halogens is 1. The highest BCUT2D eigenvalue weighted by atomic mass is 35.5. The standard InChI is InChI=1S/C15H23ClN2O/c1-11(17)12-6-7-15(14(16)9-12)19-10-13-5-3-4-8-18(13)2/h6-7,9,11,13H,3-5,8,10,17H2,1-2H3/t11-,13?/m1/s1. The Morgan fingerprint density at radius 2 is 2.26 bits per heavy atom. The molecule has 1 aromatic rings. The van der Waals surface area contributed by atoms with E-state index in [4.69, 9.17) is 22.1 Å². The Hall–Kier alpha value is -0.770. The molecule has 2 N–H and O–H groups in total. The van der Waals surface area contributed by atoms with Crippen molar-refractivity contribution in [3.8, 4) is 5.75 Å². The molecule has 1 saturated heterocycles. The van der Waals surface area contributed by atoms with Crippen molar-refractivity contribution in [3.63, 3.8) is 0 Å². The first kappa shape index (κ1) is 14.6. The van der Waals surface area contributed by atoms with Crippen LogP contribution in [0.1, 0.15) is 37.8 Å². The summed E-state index contributed by atoms with van der Waals surface area (Å²) in [4.78, 5) is 2.37. The number of likely N-dealkylation sites (N-methyl/N-ethyl adjacent to an activating group) is 1. The van der Waals surface area contributed by atoms with Crippen LogP contribution in [0.2, 0.25) is 5.02 Å². The van der Waals surface area contributed by atoms with E-state index in [2.05, 4.69) is 11.9 Å². The third-order valence-corrected chi connectivity index (χ3v) is 4.13. The molecule has 1 unspecified atom stereocenters. The van der Waals surface area contributed by atoms with Crippen molar-refractivity contribution < 1.29 is 4.74 Å². The van der Waals surface area contributed by atoms with Crippen LogP contribution in [-0.2, 0) is 0 Å². The van der Waals surface area contributed by atoms with Gasteiger partial charge in [-0.25, -0.2) is 0 Å². The van der Waals surface area contributed by atoms with Gasteiger partial charge in [0.05, 0.1) is 5.02 Å². The lowest BCUT2D eigenvalue weighted by Crippen LogP contribution is -2.40. The van der Waals surface area contributed by atoms with Gasteiger partial charge in [-0.15, -0.1) is 0 Å². The highest BCUT2D eigenvalue weighted by Gasteiger charge is 2.19. The molecular formula is C15H23ClN2O. The van der Waals surface area contributed by atoms with Crippen LogP contribution in [-0.4, -0.2) is 31.1 Å². The van der Waals surface area contributed by atoms with Gasteiger partial charge in [-0.1, -0.05) is 24.1 Å². The molecule has 0 radical (unpaired) electrons. The minimum absolute atomic E-state index is 0.00368. The molecule has 2 rings (SSSR count). The largest absolute Gasteiger partial charge is 0.490 e. The van der Waals surface area contributed by atoms with Gasteiger partial charge in [0.15, 0.2) is 0 Å². The van der Waals surface area contributed by atoms with E-state index in [-0.39, 0.29) is 6.04 Å². The van der Waals surface area contributed by atoms with Gasteiger partial charge in [-0.3, -0.25) is 0 Å². The first-order chi connectivity index (χ1) is 9.08. The minimum atomic E-state index is -0.00368. The minimum Gasteiger partial charge on any atom is -0.490 e. The fraction of sp³-hybridized carbons (Fsp3) is 0.600.